The van der Waals surface area contributed by atoms with Gasteiger partial charge in [0.25, 0.3) is 5.88 Å². The number of aromatic nitrogens is 9. The predicted molar refractivity (Wildman–Crippen MR) is 198 cm³/mol. The first-order valence-electron chi connectivity index (χ1n) is 15.6. The SMILES string of the molecule is CN1CCC(Oc2nc(-n3nccn3)c(Cl)cc2N)C1.CN1CCC(Oc2nc(-n3nccn3)c(Cl)cc2[N+](=O)[O-])C1.O=[N+]([O-])c1cc(Cl)c(Cl)nc1Cl. The fraction of sp³-hybridized carbons (Fsp3) is 0.345. The number of nitrogens with zero attached hydrogens (tertiary/aromatic N) is 13. The molecule has 0 saturated carbocycles. The van der Waals surface area contributed by atoms with Crippen LogP contribution < -0.4 is 15.2 Å². The van der Waals surface area contributed by atoms with E-state index in [-0.39, 0.29) is 55.6 Å². The molecule has 2 N–H and O–H groups in total. The second-order valence-corrected chi connectivity index (χ2v) is 13.5. The molecule has 5 aromatic rings. The van der Waals surface area contributed by atoms with Crippen molar-refractivity contribution >= 4 is 75.1 Å². The summed E-state index contributed by atoms with van der Waals surface area (Å²) >= 11 is 28.5. The average Bonchev–Trinajstić information content (AvgIpc) is 3.95. The second-order valence-electron chi connectivity index (χ2n) is 11.6. The Labute approximate surface area is 330 Å². The molecule has 2 atom stereocenters. The van der Waals surface area contributed by atoms with Gasteiger partial charge in [-0.3, -0.25) is 20.2 Å². The molecule has 25 heteroatoms. The Morgan fingerprint density at radius 1 is 0.667 bits per heavy atom. The van der Waals surface area contributed by atoms with Gasteiger partial charge in [-0.2, -0.15) is 30.4 Å². The van der Waals surface area contributed by atoms with Gasteiger partial charge in [0.1, 0.15) is 17.4 Å². The maximum absolute atomic E-state index is 11.2. The summed E-state index contributed by atoms with van der Waals surface area (Å²) in [6.07, 6.45) is 7.73. The first-order valence-corrected chi connectivity index (χ1v) is 17.5. The van der Waals surface area contributed by atoms with Crippen molar-refractivity contribution in [1.82, 2.24) is 54.7 Å². The first-order chi connectivity index (χ1) is 25.7. The van der Waals surface area contributed by atoms with E-state index in [1.165, 1.54) is 28.1 Å². The van der Waals surface area contributed by atoms with Gasteiger partial charge in [-0.25, -0.2) is 4.98 Å². The maximum atomic E-state index is 11.2. The number of ether oxygens (including phenoxy) is 2. The quantitative estimate of drug-likeness (QED) is 0.119. The molecule has 0 bridgehead atoms. The molecule has 2 unspecified atom stereocenters. The summed E-state index contributed by atoms with van der Waals surface area (Å²) in [5.74, 6) is 0.912. The summed E-state index contributed by atoms with van der Waals surface area (Å²) in [5, 5.41) is 37.5. The van der Waals surface area contributed by atoms with Crippen molar-refractivity contribution in [2.24, 2.45) is 0 Å². The summed E-state index contributed by atoms with van der Waals surface area (Å²) in [6.45, 7) is 3.43. The van der Waals surface area contributed by atoms with E-state index in [2.05, 4.69) is 52.2 Å². The smallest absolute Gasteiger partial charge is 0.332 e. The van der Waals surface area contributed by atoms with Crippen LogP contribution in [0.4, 0.5) is 17.1 Å². The lowest BCUT2D eigenvalue weighted by Crippen LogP contribution is -2.22. The minimum Gasteiger partial charge on any atom is -0.471 e. The van der Waals surface area contributed by atoms with E-state index in [0.717, 1.165) is 38.5 Å². The van der Waals surface area contributed by atoms with Crippen molar-refractivity contribution in [1.29, 1.82) is 0 Å². The largest absolute Gasteiger partial charge is 0.471 e. The highest BCUT2D eigenvalue weighted by atomic mass is 35.5. The highest BCUT2D eigenvalue weighted by Crippen LogP contribution is 2.33. The molecule has 20 nitrogen and oxygen atoms in total. The number of pyridine rings is 3. The molecular weight excluding hydrogens is 818 g/mol. The summed E-state index contributed by atoms with van der Waals surface area (Å²) in [5.41, 5.74) is 5.71. The van der Waals surface area contributed by atoms with Crippen LogP contribution in [0, 0.1) is 20.2 Å². The zero-order valence-corrected chi connectivity index (χ0v) is 31.9. The number of nitro groups is 2. The van der Waals surface area contributed by atoms with E-state index in [9.17, 15) is 20.2 Å². The highest BCUT2D eigenvalue weighted by molar-refractivity contribution is 6.42. The minimum absolute atomic E-state index is 0.00719. The molecule has 2 fully saturated rings. The molecule has 0 amide bonds. The lowest BCUT2D eigenvalue weighted by molar-refractivity contribution is -0.386. The summed E-state index contributed by atoms with van der Waals surface area (Å²) in [4.78, 5) is 39.0. The fourth-order valence-corrected chi connectivity index (χ4v) is 6.03. The number of nitrogen functional groups attached to an aromatic ring is 1. The number of anilines is 1. The van der Waals surface area contributed by atoms with Gasteiger partial charge in [0, 0.05) is 38.3 Å². The van der Waals surface area contributed by atoms with Crippen molar-refractivity contribution < 1.29 is 19.3 Å². The van der Waals surface area contributed by atoms with Gasteiger partial charge in [-0.15, -0.1) is 9.59 Å². The Hall–Kier alpha value is -4.70. The fourth-order valence-electron chi connectivity index (χ4n) is 5.03. The zero-order chi connectivity index (χ0) is 39.1. The molecule has 7 heterocycles. The van der Waals surface area contributed by atoms with Crippen LogP contribution in [0.5, 0.6) is 11.8 Å². The molecule has 0 aliphatic carbocycles. The van der Waals surface area contributed by atoms with E-state index in [0.29, 0.717) is 29.0 Å². The molecule has 2 aliphatic heterocycles. The summed E-state index contributed by atoms with van der Waals surface area (Å²) in [7, 11) is 4.02. The third kappa shape index (κ3) is 10.3. The Morgan fingerprint density at radius 3 is 1.57 bits per heavy atom. The van der Waals surface area contributed by atoms with Crippen LogP contribution in [-0.4, -0.2) is 117 Å². The molecule has 2 aliphatic rings. The van der Waals surface area contributed by atoms with E-state index in [1.807, 2.05) is 7.05 Å². The molecule has 0 aromatic carbocycles. The predicted octanol–water partition coefficient (Wildman–Crippen LogP) is 5.24. The van der Waals surface area contributed by atoms with E-state index < -0.39 is 9.85 Å². The topological polar surface area (TPSA) is 237 Å². The van der Waals surface area contributed by atoms with Gasteiger partial charge in [-0.05, 0) is 33.0 Å². The normalized spacial score (nSPS) is 16.9. The monoisotopic (exact) mass is 844 g/mol. The number of rotatable bonds is 8. The summed E-state index contributed by atoms with van der Waals surface area (Å²) < 4.78 is 11.6. The summed E-state index contributed by atoms with van der Waals surface area (Å²) in [6, 6.07) is 3.88. The lowest BCUT2D eigenvalue weighted by Gasteiger charge is -2.15. The van der Waals surface area contributed by atoms with Crippen LogP contribution in [0.15, 0.2) is 43.0 Å². The van der Waals surface area contributed by atoms with Crippen molar-refractivity contribution in [3.8, 4) is 23.4 Å². The molecule has 54 heavy (non-hydrogen) atoms. The number of hydrogen-bond acceptors (Lipinski definition) is 16. The zero-order valence-electron chi connectivity index (χ0n) is 28.2. The maximum Gasteiger partial charge on any atom is 0.332 e. The van der Waals surface area contributed by atoms with E-state index >= 15 is 0 Å². The number of nitrogens with two attached hydrogens (primary N) is 1. The van der Waals surface area contributed by atoms with Crippen LogP contribution >= 0.6 is 58.0 Å². The second kappa shape index (κ2) is 18.1. The van der Waals surface area contributed by atoms with Gasteiger partial charge in [0.2, 0.25) is 11.0 Å². The Bertz CT molecular complexity index is 2100. The van der Waals surface area contributed by atoms with Gasteiger partial charge in [-0.1, -0.05) is 58.0 Å². The Kier molecular flexibility index (Phi) is 13.6. The standard InChI is InChI=1S/C12H13ClN6O3.C12H15ClN6O.C5HCl3N2O2/c1-17-5-2-8(7-17)22-12-10(19(20)21)6-9(13)11(16-12)18-14-3-4-15-18;1-18-5-2-8(7-18)20-12-10(14)6-9(13)11(17-12)19-15-3-4-16-19;6-2-1-3(10(11)12)5(8)9-4(2)7/h3-4,6,8H,2,5,7H2,1H3;3-4,6,8H,2,5,7,14H2,1H3;1H. The first kappa shape index (κ1) is 40.5. The van der Waals surface area contributed by atoms with E-state index in [1.54, 1.807) is 18.5 Å². The molecule has 2 saturated heterocycles. The highest BCUT2D eigenvalue weighted by Gasteiger charge is 2.28. The third-order valence-electron chi connectivity index (χ3n) is 7.58. The Morgan fingerprint density at radius 2 is 1.11 bits per heavy atom. The van der Waals surface area contributed by atoms with Crippen molar-refractivity contribution in [3.05, 3.63) is 88.6 Å². The van der Waals surface area contributed by atoms with Gasteiger partial charge in [0.05, 0.1) is 55.4 Å². The van der Waals surface area contributed by atoms with Crippen molar-refractivity contribution in [2.45, 2.75) is 25.0 Å². The number of hydrogen-bond donors (Lipinski definition) is 1. The van der Waals surface area contributed by atoms with E-state index in [4.69, 9.17) is 73.2 Å². The number of likely N-dealkylation sites (N-methyl/N-ethyl adjacent to an activating group) is 2. The molecular formula is C29H29Cl5N14O6. The van der Waals surface area contributed by atoms with Gasteiger partial charge in [0.15, 0.2) is 11.6 Å². The van der Waals surface area contributed by atoms with Crippen LogP contribution in [0.2, 0.25) is 25.4 Å². The molecule has 5 aromatic heterocycles. The minimum atomic E-state index is -0.683. The van der Waals surface area contributed by atoms with Crippen LogP contribution in [0.3, 0.4) is 0 Å². The Balaban J connectivity index is 0.000000163. The van der Waals surface area contributed by atoms with Gasteiger partial charge >= 0.3 is 11.4 Å². The van der Waals surface area contributed by atoms with Crippen molar-refractivity contribution in [2.75, 3.05) is 46.0 Å². The molecule has 286 valence electrons. The molecule has 0 radical (unpaired) electrons. The van der Waals surface area contributed by atoms with Crippen molar-refractivity contribution in [3.63, 3.8) is 0 Å². The average molecular weight is 847 g/mol. The van der Waals surface area contributed by atoms with Gasteiger partial charge < -0.3 is 25.0 Å². The van der Waals surface area contributed by atoms with Crippen LogP contribution in [-0.2, 0) is 0 Å². The third-order valence-corrected chi connectivity index (χ3v) is 9.09. The lowest BCUT2D eigenvalue weighted by atomic mass is 10.3. The van der Waals surface area contributed by atoms with Crippen LogP contribution in [0.25, 0.3) is 11.6 Å². The number of halogens is 5. The molecule has 0 spiro atoms. The molecule has 7 rings (SSSR count). The number of likely N-dealkylation sites (tertiary alicyclic amines) is 2. The van der Waals surface area contributed by atoms with Crippen LogP contribution in [0.1, 0.15) is 12.8 Å².